The van der Waals surface area contributed by atoms with Crippen LogP contribution in [0.1, 0.15) is 23.2 Å². The van der Waals surface area contributed by atoms with Crippen LogP contribution in [0.3, 0.4) is 0 Å². The van der Waals surface area contributed by atoms with Gasteiger partial charge >= 0.3 is 0 Å². The van der Waals surface area contributed by atoms with Crippen molar-refractivity contribution in [3.63, 3.8) is 0 Å². The highest BCUT2D eigenvalue weighted by molar-refractivity contribution is 6.34. The topological polar surface area (TPSA) is 49.4 Å². The van der Waals surface area contributed by atoms with Crippen molar-refractivity contribution in [1.29, 1.82) is 0 Å². The number of carbonyl (C=O) groups is 2. The summed E-state index contributed by atoms with van der Waals surface area (Å²) in [7, 11) is 0. The van der Waals surface area contributed by atoms with Gasteiger partial charge in [-0.25, -0.2) is 0 Å². The molecule has 4 nitrogen and oxygen atoms in total. The molecule has 3 aromatic carbocycles. The van der Waals surface area contributed by atoms with E-state index in [4.69, 9.17) is 11.6 Å². The van der Waals surface area contributed by atoms with Gasteiger partial charge in [-0.05, 0) is 41.8 Å². The molecule has 0 aromatic heterocycles. The van der Waals surface area contributed by atoms with E-state index >= 15 is 0 Å². The van der Waals surface area contributed by atoms with Gasteiger partial charge in [0.1, 0.15) is 0 Å². The third kappa shape index (κ3) is 3.64. The summed E-state index contributed by atoms with van der Waals surface area (Å²) in [5.41, 5.74) is 3.71. The van der Waals surface area contributed by atoms with E-state index in [1.165, 1.54) is 0 Å². The number of halogens is 1. The van der Waals surface area contributed by atoms with Crippen LogP contribution in [0.5, 0.6) is 0 Å². The summed E-state index contributed by atoms with van der Waals surface area (Å²) in [6.45, 7) is 0.675. The summed E-state index contributed by atoms with van der Waals surface area (Å²) in [5.74, 6) is -0.129. The predicted octanol–water partition coefficient (Wildman–Crippen LogP) is 5.39. The quantitative estimate of drug-likeness (QED) is 0.649. The molecule has 0 radical (unpaired) electrons. The van der Waals surface area contributed by atoms with Gasteiger partial charge in [-0.2, -0.15) is 0 Å². The molecule has 140 valence electrons. The van der Waals surface area contributed by atoms with Crippen molar-refractivity contribution < 1.29 is 9.59 Å². The Morgan fingerprint density at radius 1 is 0.964 bits per heavy atom. The average Bonchev–Trinajstić information content (AvgIpc) is 3.14. The number of nitrogens with one attached hydrogen (secondary N) is 1. The molecule has 5 heteroatoms. The molecular formula is C23H19ClN2O2. The fraction of sp³-hybridized carbons (Fsp3) is 0.130. The van der Waals surface area contributed by atoms with Gasteiger partial charge in [-0.15, -0.1) is 0 Å². The smallest absolute Gasteiger partial charge is 0.256 e. The van der Waals surface area contributed by atoms with Gasteiger partial charge in [0.15, 0.2) is 0 Å². The highest BCUT2D eigenvalue weighted by atomic mass is 35.5. The van der Waals surface area contributed by atoms with Crippen LogP contribution in [0, 0.1) is 0 Å². The summed E-state index contributed by atoms with van der Waals surface area (Å²) in [6.07, 6.45) is 1.38. The summed E-state index contributed by atoms with van der Waals surface area (Å²) in [5, 5.41) is 3.36. The van der Waals surface area contributed by atoms with Gasteiger partial charge in [0.05, 0.1) is 10.7 Å². The summed E-state index contributed by atoms with van der Waals surface area (Å²) in [6, 6.07) is 22.5. The lowest BCUT2D eigenvalue weighted by atomic mass is 9.99. The summed E-state index contributed by atoms with van der Waals surface area (Å²) in [4.78, 5) is 26.5. The van der Waals surface area contributed by atoms with Crippen molar-refractivity contribution in [2.75, 3.05) is 16.8 Å². The Morgan fingerprint density at radius 3 is 2.43 bits per heavy atom. The Morgan fingerprint density at radius 2 is 1.71 bits per heavy atom. The van der Waals surface area contributed by atoms with E-state index in [-0.39, 0.29) is 11.8 Å². The Labute approximate surface area is 168 Å². The molecule has 1 aliphatic rings. The second kappa shape index (κ2) is 7.87. The van der Waals surface area contributed by atoms with E-state index in [0.717, 1.165) is 17.5 Å². The molecule has 4 rings (SSSR count). The number of hydrogen-bond donors (Lipinski definition) is 1. The zero-order chi connectivity index (χ0) is 19.5. The predicted molar refractivity (Wildman–Crippen MR) is 113 cm³/mol. The first-order valence-corrected chi connectivity index (χ1v) is 9.57. The molecule has 0 bridgehead atoms. The third-order valence-electron chi connectivity index (χ3n) is 4.83. The van der Waals surface area contributed by atoms with Gasteiger partial charge in [-0.3, -0.25) is 9.59 Å². The first kappa shape index (κ1) is 18.3. The Hall–Kier alpha value is -3.11. The van der Waals surface area contributed by atoms with Crippen molar-refractivity contribution in [3.8, 4) is 11.1 Å². The van der Waals surface area contributed by atoms with Crippen LogP contribution >= 0.6 is 11.6 Å². The van der Waals surface area contributed by atoms with E-state index in [9.17, 15) is 9.59 Å². The maximum Gasteiger partial charge on any atom is 0.256 e. The van der Waals surface area contributed by atoms with Crippen molar-refractivity contribution in [3.05, 3.63) is 83.4 Å². The van der Waals surface area contributed by atoms with Crippen LogP contribution in [-0.2, 0) is 4.79 Å². The maximum atomic E-state index is 12.9. The van der Waals surface area contributed by atoms with Gasteiger partial charge in [0.25, 0.3) is 5.91 Å². The molecule has 28 heavy (non-hydrogen) atoms. The van der Waals surface area contributed by atoms with Gasteiger partial charge in [-0.1, -0.05) is 60.1 Å². The molecule has 1 aliphatic heterocycles. The second-order valence-electron chi connectivity index (χ2n) is 6.68. The van der Waals surface area contributed by atoms with Crippen LogP contribution in [0.4, 0.5) is 11.4 Å². The lowest BCUT2D eigenvalue weighted by Gasteiger charge is -2.18. The molecule has 3 aromatic rings. The molecule has 1 fully saturated rings. The van der Waals surface area contributed by atoms with Gasteiger partial charge in [0.2, 0.25) is 5.91 Å². The number of rotatable bonds is 4. The average molecular weight is 391 g/mol. The molecule has 2 amide bonds. The van der Waals surface area contributed by atoms with E-state index in [1.807, 2.05) is 48.5 Å². The molecule has 0 spiro atoms. The van der Waals surface area contributed by atoms with E-state index < -0.39 is 0 Å². The summed E-state index contributed by atoms with van der Waals surface area (Å²) >= 11 is 6.39. The van der Waals surface area contributed by atoms with Crippen LogP contribution in [0.2, 0.25) is 5.02 Å². The van der Waals surface area contributed by atoms with Crippen LogP contribution in [0.15, 0.2) is 72.8 Å². The molecule has 1 heterocycles. The van der Waals surface area contributed by atoms with Crippen LogP contribution in [0.25, 0.3) is 11.1 Å². The maximum absolute atomic E-state index is 12.9. The molecule has 1 N–H and O–H groups in total. The van der Waals surface area contributed by atoms with Gasteiger partial charge < -0.3 is 10.2 Å². The van der Waals surface area contributed by atoms with Gasteiger partial charge in [0, 0.05) is 24.2 Å². The zero-order valence-electron chi connectivity index (χ0n) is 15.2. The monoisotopic (exact) mass is 390 g/mol. The first-order chi connectivity index (χ1) is 13.6. The molecule has 0 atom stereocenters. The van der Waals surface area contributed by atoms with Crippen LogP contribution in [-0.4, -0.2) is 18.4 Å². The van der Waals surface area contributed by atoms with Crippen LogP contribution < -0.4 is 10.2 Å². The normalized spacial score (nSPS) is 13.6. The first-order valence-electron chi connectivity index (χ1n) is 9.19. The van der Waals surface area contributed by atoms with E-state index in [1.54, 1.807) is 29.2 Å². The highest BCUT2D eigenvalue weighted by Crippen LogP contribution is 2.32. The summed E-state index contributed by atoms with van der Waals surface area (Å²) < 4.78 is 0. The van der Waals surface area contributed by atoms with Crippen molar-refractivity contribution in [1.82, 2.24) is 0 Å². The molecule has 1 saturated heterocycles. The lowest BCUT2D eigenvalue weighted by Crippen LogP contribution is -2.24. The number of benzene rings is 3. The van der Waals surface area contributed by atoms with E-state index in [2.05, 4.69) is 5.32 Å². The van der Waals surface area contributed by atoms with E-state index in [0.29, 0.717) is 34.9 Å². The molecule has 0 aliphatic carbocycles. The largest absolute Gasteiger partial charge is 0.322 e. The lowest BCUT2D eigenvalue weighted by molar-refractivity contribution is -0.117. The number of carbonyl (C=O) groups excluding carboxylic acids is 2. The zero-order valence-corrected chi connectivity index (χ0v) is 15.9. The minimum Gasteiger partial charge on any atom is -0.322 e. The fourth-order valence-electron chi connectivity index (χ4n) is 3.46. The molecule has 0 saturated carbocycles. The second-order valence-corrected chi connectivity index (χ2v) is 7.09. The Bertz CT molecular complexity index is 1030. The SMILES string of the molecule is O=C(Nc1ccc(N2CCCC2=O)c(Cl)c1)c1ccccc1-c1ccccc1. The Kier molecular flexibility index (Phi) is 5.13. The number of hydrogen-bond acceptors (Lipinski definition) is 2. The van der Waals surface area contributed by atoms with Crippen molar-refractivity contribution in [2.45, 2.75) is 12.8 Å². The number of amides is 2. The highest BCUT2D eigenvalue weighted by Gasteiger charge is 2.23. The third-order valence-corrected chi connectivity index (χ3v) is 5.13. The van der Waals surface area contributed by atoms with Crippen molar-refractivity contribution in [2.24, 2.45) is 0 Å². The number of nitrogens with zero attached hydrogens (tertiary/aromatic N) is 1. The minimum atomic E-state index is -0.208. The number of anilines is 2. The van der Waals surface area contributed by atoms with Crippen molar-refractivity contribution >= 4 is 34.8 Å². The molecular weight excluding hydrogens is 372 g/mol. The minimum absolute atomic E-state index is 0.0791. The fourth-order valence-corrected chi connectivity index (χ4v) is 3.74. The molecule has 0 unspecified atom stereocenters. The Balaban J connectivity index is 1.58. The standard InChI is InChI=1S/C23H19ClN2O2/c24-20-15-17(12-13-21(20)26-14-6-11-22(26)27)25-23(28)19-10-5-4-9-18(19)16-7-2-1-3-8-16/h1-5,7-10,12-13,15H,6,11,14H2,(H,25,28).